The molecule has 0 radical (unpaired) electrons. The minimum atomic E-state index is -0.501. The number of amides is 2. The Hall–Kier alpha value is -3.15. The Balaban J connectivity index is 1.67. The first kappa shape index (κ1) is 16.7. The number of esters is 1. The van der Waals surface area contributed by atoms with Crippen LogP contribution in [0.1, 0.15) is 33.8 Å². The first-order valence-electron chi connectivity index (χ1n) is 7.92. The summed E-state index contributed by atoms with van der Waals surface area (Å²) in [5.74, 6) is -1.26. The van der Waals surface area contributed by atoms with Crippen molar-refractivity contribution < 1.29 is 19.1 Å². The predicted molar refractivity (Wildman–Crippen MR) is 92.1 cm³/mol. The van der Waals surface area contributed by atoms with Gasteiger partial charge >= 0.3 is 5.97 Å². The van der Waals surface area contributed by atoms with E-state index in [2.05, 4.69) is 15.4 Å². The lowest BCUT2D eigenvalue weighted by atomic mass is 9.90. The van der Waals surface area contributed by atoms with Gasteiger partial charge in [-0.05, 0) is 29.3 Å². The van der Waals surface area contributed by atoms with E-state index in [-0.39, 0.29) is 18.2 Å². The molecule has 6 heteroatoms. The van der Waals surface area contributed by atoms with Crippen molar-refractivity contribution in [3.8, 4) is 0 Å². The lowest BCUT2D eigenvalue weighted by Gasteiger charge is -2.24. The highest BCUT2D eigenvalue weighted by Gasteiger charge is 2.30. The third-order valence-electron chi connectivity index (χ3n) is 4.16. The molecule has 0 spiro atoms. The lowest BCUT2D eigenvalue weighted by molar-refractivity contribution is -0.126. The fourth-order valence-electron chi connectivity index (χ4n) is 2.83. The molecule has 0 saturated heterocycles. The standard InChI is InChI=1S/C19H18N2O4/c1-25-19(24)13-8-6-12(7-9-13)11-20-18(23)15-10-17(22)21-16-5-3-2-4-14(15)16/h2-9,15H,10-11H2,1H3,(H,20,23)(H,21,22). The van der Waals surface area contributed by atoms with Crippen molar-refractivity contribution in [2.45, 2.75) is 18.9 Å². The molecule has 25 heavy (non-hydrogen) atoms. The molecule has 2 aromatic rings. The number of benzene rings is 2. The number of para-hydroxylation sites is 1. The van der Waals surface area contributed by atoms with Crippen LogP contribution in [0.25, 0.3) is 0 Å². The van der Waals surface area contributed by atoms with Crippen LogP contribution in [0.3, 0.4) is 0 Å². The Morgan fingerprint density at radius 3 is 2.60 bits per heavy atom. The molecule has 0 aromatic heterocycles. The Bertz CT molecular complexity index is 814. The van der Waals surface area contributed by atoms with Crippen molar-refractivity contribution in [1.82, 2.24) is 5.32 Å². The van der Waals surface area contributed by atoms with Gasteiger partial charge in [0.2, 0.25) is 11.8 Å². The molecule has 2 N–H and O–H groups in total. The second-order valence-electron chi connectivity index (χ2n) is 5.80. The van der Waals surface area contributed by atoms with E-state index in [0.717, 1.165) is 11.1 Å². The van der Waals surface area contributed by atoms with Gasteiger partial charge in [0.15, 0.2) is 0 Å². The van der Waals surface area contributed by atoms with E-state index in [4.69, 9.17) is 0 Å². The maximum atomic E-state index is 12.5. The third kappa shape index (κ3) is 3.68. The van der Waals surface area contributed by atoms with Crippen molar-refractivity contribution in [1.29, 1.82) is 0 Å². The number of fused-ring (bicyclic) bond motifs is 1. The Morgan fingerprint density at radius 1 is 1.16 bits per heavy atom. The van der Waals surface area contributed by atoms with E-state index >= 15 is 0 Å². The van der Waals surface area contributed by atoms with Crippen LogP contribution in [0.2, 0.25) is 0 Å². The molecule has 1 heterocycles. The second kappa shape index (κ2) is 7.17. The molecule has 0 fully saturated rings. The summed E-state index contributed by atoms with van der Waals surface area (Å²) >= 11 is 0. The summed E-state index contributed by atoms with van der Waals surface area (Å²) in [7, 11) is 1.33. The van der Waals surface area contributed by atoms with Gasteiger partial charge in [-0.25, -0.2) is 4.79 Å². The van der Waals surface area contributed by atoms with Gasteiger partial charge in [0.1, 0.15) is 0 Å². The smallest absolute Gasteiger partial charge is 0.337 e. The van der Waals surface area contributed by atoms with Crippen LogP contribution in [-0.2, 0) is 20.9 Å². The molecule has 1 atom stereocenters. The monoisotopic (exact) mass is 338 g/mol. The minimum absolute atomic E-state index is 0.129. The summed E-state index contributed by atoms with van der Waals surface area (Å²) in [5.41, 5.74) is 2.81. The average molecular weight is 338 g/mol. The zero-order valence-electron chi connectivity index (χ0n) is 13.7. The van der Waals surface area contributed by atoms with Gasteiger partial charge in [-0.2, -0.15) is 0 Å². The normalized spacial score (nSPS) is 15.7. The van der Waals surface area contributed by atoms with Gasteiger partial charge in [-0.15, -0.1) is 0 Å². The summed E-state index contributed by atoms with van der Waals surface area (Å²) in [6.07, 6.45) is 0.129. The molecule has 2 amide bonds. The number of hydrogen-bond acceptors (Lipinski definition) is 4. The van der Waals surface area contributed by atoms with Crippen LogP contribution in [-0.4, -0.2) is 24.9 Å². The largest absolute Gasteiger partial charge is 0.465 e. The first-order chi connectivity index (χ1) is 12.1. The predicted octanol–water partition coefficient (Wildman–Crippen LogP) is 2.22. The number of anilines is 1. The molecule has 0 saturated carbocycles. The highest BCUT2D eigenvalue weighted by Crippen LogP contribution is 2.32. The zero-order chi connectivity index (χ0) is 17.8. The maximum absolute atomic E-state index is 12.5. The minimum Gasteiger partial charge on any atom is -0.465 e. The van der Waals surface area contributed by atoms with Gasteiger partial charge in [0.05, 0.1) is 18.6 Å². The Morgan fingerprint density at radius 2 is 1.88 bits per heavy atom. The molecule has 1 unspecified atom stereocenters. The fraction of sp³-hybridized carbons (Fsp3) is 0.211. The number of carbonyl (C=O) groups excluding carboxylic acids is 3. The summed E-state index contributed by atoms with van der Waals surface area (Å²) in [6, 6.07) is 14.1. The van der Waals surface area contributed by atoms with Crippen molar-refractivity contribution in [3.63, 3.8) is 0 Å². The summed E-state index contributed by atoms with van der Waals surface area (Å²) in [6.45, 7) is 0.320. The van der Waals surface area contributed by atoms with E-state index in [1.165, 1.54) is 7.11 Å². The van der Waals surface area contributed by atoms with Gasteiger partial charge in [-0.3, -0.25) is 9.59 Å². The van der Waals surface area contributed by atoms with Gasteiger partial charge in [-0.1, -0.05) is 30.3 Å². The van der Waals surface area contributed by atoms with Crippen LogP contribution in [0, 0.1) is 0 Å². The van der Waals surface area contributed by atoms with E-state index in [1.54, 1.807) is 30.3 Å². The molecule has 3 rings (SSSR count). The number of methoxy groups -OCH3 is 1. The molecule has 1 aliphatic rings. The molecule has 128 valence electrons. The third-order valence-corrected chi connectivity index (χ3v) is 4.16. The van der Waals surface area contributed by atoms with Crippen molar-refractivity contribution >= 4 is 23.5 Å². The molecule has 0 aliphatic carbocycles. The highest BCUT2D eigenvalue weighted by molar-refractivity contribution is 6.01. The number of carbonyl (C=O) groups is 3. The SMILES string of the molecule is COC(=O)c1ccc(CNC(=O)C2CC(=O)Nc3ccccc32)cc1. The molecular formula is C19H18N2O4. The molecule has 6 nitrogen and oxygen atoms in total. The lowest BCUT2D eigenvalue weighted by Crippen LogP contribution is -2.34. The zero-order valence-corrected chi connectivity index (χ0v) is 13.7. The summed E-state index contributed by atoms with van der Waals surface area (Å²) in [4.78, 5) is 35.8. The summed E-state index contributed by atoms with van der Waals surface area (Å²) in [5, 5.41) is 5.64. The first-order valence-corrected chi connectivity index (χ1v) is 7.92. The number of hydrogen-bond donors (Lipinski definition) is 2. The van der Waals surface area contributed by atoms with Crippen molar-refractivity contribution in [2.75, 3.05) is 12.4 Å². The van der Waals surface area contributed by atoms with Crippen LogP contribution in [0.5, 0.6) is 0 Å². The van der Waals surface area contributed by atoms with E-state index in [0.29, 0.717) is 17.8 Å². The average Bonchev–Trinajstić information content (AvgIpc) is 2.65. The molecule has 0 bridgehead atoms. The van der Waals surface area contributed by atoms with Gasteiger partial charge < -0.3 is 15.4 Å². The molecule has 2 aromatic carbocycles. The van der Waals surface area contributed by atoms with Crippen molar-refractivity contribution in [2.24, 2.45) is 0 Å². The topological polar surface area (TPSA) is 84.5 Å². The van der Waals surface area contributed by atoms with Crippen LogP contribution >= 0.6 is 0 Å². The Kier molecular flexibility index (Phi) is 4.79. The Labute approximate surface area is 145 Å². The van der Waals surface area contributed by atoms with E-state index in [1.807, 2.05) is 18.2 Å². The number of ether oxygens (including phenoxy) is 1. The molecular weight excluding hydrogens is 320 g/mol. The van der Waals surface area contributed by atoms with Crippen LogP contribution in [0.15, 0.2) is 48.5 Å². The fourth-order valence-corrected chi connectivity index (χ4v) is 2.83. The van der Waals surface area contributed by atoms with Crippen LogP contribution < -0.4 is 10.6 Å². The molecule has 1 aliphatic heterocycles. The number of nitrogens with one attached hydrogen (secondary N) is 2. The number of rotatable bonds is 4. The van der Waals surface area contributed by atoms with Gasteiger partial charge in [0.25, 0.3) is 0 Å². The van der Waals surface area contributed by atoms with Crippen molar-refractivity contribution in [3.05, 3.63) is 65.2 Å². The second-order valence-corrected chi connectivity index (χ2v) is 5.80. The van der Waals surface area contributed by atoms with E-state index < -0.39 is 11.9 Å². The maximum Gasteiger partial charge on any atom is 0.337 e. The van der Waals surface area contributed by atoms with Gasteiger partial charge in [0, 0.05) is 18.7 Å². The summed E-state index contributed by atoms with van der Waals surface area (Å²) < 4.78 is 4.65. The quantitative estimate of drug-likeness (QED) is 0.837. The highest BCUT2D eigenvalue weighted by atomic mass is 16.5. The van der Waals surface area contributed by atoms with E-state index in [9.17, 15) is 14.4 Å². The van der Waals surface area contributed by atoms with Crippen LogP contribution in [0.4, 0.5) is 5.69 Å².